The molecule has 1 aliphatic carbocycles. The fourth-order valence-corrected chi connectivity index (χ4v) is 3.97. The molecule has 7 nitrogen and oxygen atoms in total. The maximum absolute atomic E-state index is 12.2. The highest BCUT2D eigenvalue weighted by atomic mass is 127. The Labute approximate surface area is 148 Å². The lowest BCUT2D eigenvalue weighted by Crippen LogP contribution is -2.32. The monoisotopic (exact) mass is 426 g/mol. The second kappa shape index (κ2) is 5.88. The molecular formula is C15H19IN6O. The van der Waals surface area contributed by atoms with E-state index in [1.165, 1.54) is 0 Å². The summed E-state index contributed by atoms with van der Waals surface area (Å²) in [6.07, 6.45) is 4.66. The fourth-order valence-electron chi connectivity index (χ4n) is 3.16. The van der Waals surface area contributed by atoms with E-state index in [1.807, 2.05) is 4.90 Å². The lowest BCUT2D eigenvalue weighted by Gasteiger charge is -2.17. The molecule has 1 atom stereocenters. The molecule has 2 aliphatic rings. The number of anilines is 1. The summed E-state index contributed by atoms with van der Waals surface area (Å²) in [5.74, 6) is 1.39. The zero-order chi connectivity index (χ0) is 16.0. The predicted molar refractivity (Wildman–Crippen MR) is 95.0 cm³/mol. The van der Waals surface area contributed by atoms with Crippen LogP contribution in [-0.4, -0.2) is 49.5 Å². The quantitative estimate of drug-likeness (QED) is 0.597. The molecule has 3 heterocycles. The van der Waals surface area contributed by atoms with Crippen molar-refractivity contribution >= 4 is 45.5 Å². The minimum Gasteiger partial charge on any atom is -0.364 e. The van der Waals surface area contributed by atoms with Crippen molar-refractivity contribution < 1.29 is 4.79 Å². The van der Waals surface area contributed by atoms with Crippen molar-refractivity contribution in [3.63, 3.8) is 0 Å². The van der Waals surface area contributed by atoms with Crippen LogP contribution in [0.2, 0.25) is 0 Å². The second-order valence-corrected chi connectivity index (χ2v) is 7.17. The number of rotatable bonds is 4. The van der Waals surface area contributed by atoms with Crippen LogP contribution in [0.25, 0.3) is 11.2 Å². The van der Waals surface area contributed by atoms with Crippen molar-refractivity contribution in [3.8, 4) is 0 Å². The number of nitrogens with one attached hydrogen (secondary N) is 1. The lowest BCUT2D eigenvalue weighted by molar-refractivity contribution is -0.131. The van der Waals surface area contributed by atoms with Gasteiger partial charge in [0.05, 0.1) is 0 Å². The molecule has 8 heteroatoms. The summed E-state index contributed by atoms with van der Waals surface area (Å²) in [6, 6.07) is 0.236. The molecular weight excluding hydrogens is 407 g/mol. The Kier molecular flexibility index (Phi) is 3.86. The second-order valence-electron chi connectivity index (χ2n) is 6.21. The molecule has 0 bridgehead atoms. The number of imidazole rings is 1. The van der Waals surface area contributed by atoms with E-state index >= 15 is 0 Å². The number of carbonyl (C=O) groups excluding carboxylic acids is 1. The van der Waals surface area contributed by atoms with Gasteiger partial charge in [0.1, 0.15) is 6.33 Å². The van der Waals surface area contributed by atoms with Gasteiger partial charge in [0.2, 0.25) is 5.91 Å². The van der Waals surface area contributed by atoms with E-state index < -0.39 is 0 Å². The highest BCUT2D eigenvalue weighted by molar-refractivity contribution is 14.1. The van der Waals surface area contributed by atoms with Crippen molar-refractivity contribution in [1.82, 2.24) is 24.4 Å². The van der Waals surface area contributed by atoms with E-state index in [1.54, 1.807) is 6.33 Å². The van der Waals surface area contributed by atoms with Gasteiger partial charge in [0, 0.05) is 54.2 Å². The molecule has 1 saturated heterocycles. The summed E-state index contributed by atoms with van der Waals surface area (Å²) in [5.41, 5.74) is 1.67. The van der Waals surface area contributed by atoms with Gasteiger partial charge in [0.25, 0.3) is 0 Å². The van der Waals surface area contributed by atoms with Crippen molar-refractivity contribution in [1.29, 1.82) is 0 Å². The summed E-state index contributed by atoms with van der Waals surface area (Å²) in [4.78, 5) is 27.5. The number of amides is 1. The van der Waals surface area contributed by atoms with Gasteiger partial charge in [-0.2, -0.15) is 0 Å². The van der Waals surface area contributed by atoms with Gasteiger partial charge in [0.15, 0.2) is 20.8 Å². The number of hydrogen-bond acceptors (Lipinski definition) is 5. The van der Waals surface area contributed by atoms with Crippen LogP contribution >= 0.6 is 22.6 Å². The Bertz CT molecular complexity index is 756. The zero-order valence-corrected chi connectivity index (χ0v) is 15.2. The number of carbonyl (C=O) groups is 1. The minimum atomic E-state index is 0.236. The zero-order valence-electron chi connectivity index (χ0n) is 13.0. The van der Waals surface area contributed by atoms with E-state index in [0.717, 1.165) is 59.7 Å². The molecule has 2 fully saturated rings. The van der Waals surface area contributed by atoms with Crippen LogP contribution in [0.3, 0.4) is 0 Å². The Hall–Kier alpha value is -1.45. The first kappa shape index (κ1) is 15.1. The van der Waals surface area contributed by atoms with Crippen molar-refractivity contribution in [2.24, 2.45) is 5.92 Å². The maximum Gasteiger partial charge on any atom is 0.225 e. The number of likely N-dealkylation sites (tertiary alicyclic amines) is 1. The van der Waals surface area contributed by atoms with Gasteiger partial charge in [-0.15, -0.1) is 0 Å². The van der Waals surface area contributed by atoms with Crippen LogP contribution in [0.1, 0.15) is 26.2 Å². The minimum absolute atomic E-state index is 0.236. The summed E-state index contributed by atoms with van der Waals surface area (Å²) in [5, 5.41) is 3.47. The Morgan fingerprint density at radius 2 is 2.22 bits per heavy atom. The van der Waals surface area contributed by atoms with Gasteiger partial charge in [-0.05, 0) is 26.2 Å². The number of aromatic nitrogens is 4. The lowest BCUT2D eigenvalue weighted by atomic mass is 10.2. The van der Waals surface area contributed by atoms with E-state index in [-0.39, 0.29) is 6.04 Å². The van der Waals surface area contributed by atoms with Crippen LogP contribution in [0, 0.1) is 9.75 Å². The number of halogens is 1. The number of nitrogens with zero attached hydrogens (tertiary/aromatic N) is 5. The molecule has 2 aromatic heterocycles. The molecule has 1 unspecified atom stereocenters. The molecule has 1 N–H and O–H groups in total. The highest BCUT2D eigenvalue weighted by Gasteiger charge is 2.36. The fraction of sp³-hybridized carbons (Fsp3) is 0.600. The highest BCUT2D eigenvalue weighted by Crippen LogP contribution is 2.32. The average molecular weight is 426 g/mol. The van der Waals surface area contributed by atoms with Crippen LogP contribution in [0.15, 0.2) is 6.33 Å². The first-order valence-corrected chi connectivity index (χ1v) is 9.17. The topological polar surface area (TPSA) is 75.9 Å². The first-order chi connectivity index (χ1) is 11.2. The molecule has 0 spiro atoms. The molecule has 0 radical (unpaired) electrons. The Morgan fingerprint density at radius 1 is 1.39 bits per heavy atom. The SMILES string of the molecule is CCn1c(I)nc2c(NC3CCN(C(=O)C4CC4)C3)ncnc21. The molecule has 1 aliphatic heterocycles. The van der Waals surface area contributed by atoms with Gasteiger partial charge < -0.3 is 14.8 Å². The molecule has 1 saturated carbocycles. The number of aryl methyl sites for hydroxylation is 1. The van der Waals surface area contributed by atoms with Crippen LogP contribution in [0.5, 0.6) is 0 Å². The van der Waals surface area contributed by atoms with Gasteiger partial charge in [-0.3, -0.25) is 4.79 Å². The summed E-state index contributed by atoms with van der Waals surface area (Å²) >= 11 is 2.22. The van der Waals surface area contributed by atoms with Crippen LogP contribution in [-0.2, 0) is 11.3 Å². The van der Waals surface area contributed by atoms with Crippen molar-refractivity contribution in [3.05, 3.63) is 10.2 Å². The Balaban J connectivity index is 1.53. The summed E-state index contributed by atoms with van der Waals surface area (Å²) in [6.45, 7) is 4.50. The number of fused-ring (bicyclic) bond motifs is 1. The number of hydrogen-bond donors (Lipinski definition) is 1. The standard InChI is InChI=1S/C15H19IN6O/c1-2-22-13-11(20-15(22)16)12(17-8-18-13)19-10-5-6-21(7-10)14(23)9-3-4-9/h8-10H,2-7H2,1H3,(H,17,18,19). The smallest absolute Gasteiger partial charge is 0.225 e. The van der Waals surface area contributed by atoms with E-state index in [2.05, 4.69) is 54.4 Å². The first-order valence-electron chi connectivity index (χ1n) is 8.09. The third-order valence-corrected chi connectivity index (χ3v) is 5.39. The van der Waals surface area contributed by atoms with E-state index in [0.29, 0.717) is 11.8 Å². The van der Waals surface area contributed by atoms with Crippen molar-refractivity contribution in [2.75, 3.05) is 18.4 Å². The largest absolute Gasteiger partial charge is 0.364 e. The third-order valence-electron chi connectivity index (χ3n) is 4.57. The van der Waals surface area contributed by atoms with Gasteiger partial charge >= 0.3 is 0 Å². The van der Waals surface area contributed by atoms with E-state index in [4.69, 9.17) is 0 Å². The van der Waals surface area contributed by atoms with Gasteiger partial charge in [-0.1, -0.05) is 0 Å². The molecule has 0 aromatic carbocycles. The third kappa shape index (κ3) is 2.77. The Morgan fingerprint density at radius 3 is 2.96 bits per heavy atom. The molecule has 2 aromatic rings. The van der Waals surface area contributed by atoms with Crippen molar-refractivity contribution in [2.45, 2.75) is 38.8 Å². The molecule has 122 valence electrons. The van der Waals surface area contributed by atoms with Crippen LogP contribution < -0.4 is 5.32 Å². The maximum atomic E-state index is 12.2. The van der Waals surface area contributed by atoms with Crippen LogP contribution in [0.4, 0.5) is 5.82 Å². The average Bonchev–Trinajstić information content (AvgIpc) is 3.20. The summed E-state index contributed by atoms with van der Waals surface area (Å²) < 4.78 is 2.99. The van der Waals surface area contributed by atoms with Gasteiger partial charge in [-0.25, -0.2) is 15.0 Å². The normalized spacial score (nSPS) is 21.1. The van der Waals surface area contributed by atoms with E-state index in [9.17, 15) is 4.79 Å². The summed E-state index contributed by atoms with van der Waals surface area (Å²) in [7, 11) is 0. The molecule has 23 heavy (non-hydrogen) atoms. The predicted octanol–water partition coefficient (Wildman–Crippen LogP) is 1.87. The molecule has 4 rings (SSSR count). The molecule has 1 amide bonds.